The van der Waals surface area contributed by atoms with Gasteiger partial charge in [-0.1, -0.05) is 13.8 Å². The lowest BCUT2D eigenvalue weighted by Gasteiger charge is -2.34. The van der Waals surface area contributed by atoms with Crippen molar-refractivity contribution in [3.05, 3.63) is 41.1 Å². The minimum Gasteiger partial charge on any atom is -0.404 e. The van der Waals surface area contributed by atoms with Crippen molar-refractivity contribution in [3.63, 3.8) is 0 Å². The van der Waals surface area contributed by atoms with Gasteiger partial charge in [-0.25, -0.2) is 15.0 Å². The Morgan fingerprint density at radius 1 is 1.21 bits per heavy atom. The van der Waals surface area contributed by atoms with Gasteiger partial charge in [0, 0.05) is 35.0 Å². The van der Waals surface area contributed by atoms with E-state index in [4.69, 9.17) is 20.4 Å². The van der Waals surface area contributed by atoms with Crippen LogP contribution in [0, 0.1) is 6.92 Å². The predicted octanol–water partition coefficient (Wildman–Crippen LogP) is 4.18. The van der Waals surface area contributed by atoms with Crippen molar-refractivity contribution in [1.29, 1.82) is 0 Å². The summed E-state index contributed by atoms with van der Waals surface area (Å²) in [6.07, 6.45) is 7.61. The zero-order valence-electron chi connectivity index (χ0n) is 17.8. The van der Waals surface area contributed by atoms with Gasteiger partial charge in [-0.3, -0.25) is 4.99 Å². The van der Waals surface area contributed by atoms with Gasteiger partial charge >= 0.3 is 0 Å². The molecule has 1 saturated carbocycles. The number of nitrogens with zero attached hydrogens (tertiary/aromatic N) is 4. The van der Waals surface area contributed by atoms with Gasteiger partial charge in [0.2, 0.25) is 0 Å². The molecule has 3 heterocycles. The van der Waals surface area contributed by atoms with Gasteiger partial charge in [0.25, 0.3) is 0 Å². The Kier molecular flexibility index (Phi) is 5.63. The molecule has 2 N–H and O–H groups in total. The van der Waals surface area contributed by atoms with Crippen LogP contribution in [0.3, 0.4) is 0 Å². The average Bonchev–Trinajstić information content (AvgIpc) is 3.51. The van der Waals surface area contributed by atoms with Crippen molar-refractivity contribution in [2.75, 3.05) is 0 Å². The number of hydrogen-bond donors (Lipinski definition) is 1. The SMILES string of the molecule is Cc1ccc2c(C(C)C)nc([C@H]3C[C@@H](C)O[C@@H](/C(C=NC4CC4)=C/N)C3)nc2n1. The maximum absolute atomic E-state index is 6.22. The minimum absolute atomic E-state index is 0.0801. The summed E-state index contributed by atoms with van der Waals surface area (Å²) < 4.78 is 6.22. The van der Waals surface area contributed by atoms with Crippen LogP contribution in [0.4, 0.5) is 0 Å². The van der Waals surface area contributed by atoms with Crippen LogP contribution in [0.15, 0.2) is 28.9 Å². The van der Waals surface area contributed by atoms with E-state index in [0.717, 1.165) is 46.7 Å². The fourth-order valence-electron chi connectivity index (χ4n) is 3.99. The van der Waals surface area contributed by atoms with Crippen LogP contribution < -0.4 is 5.73 Å². The van der Waals surface area contributed by atoms with Crippen LogP contribution in [0.2, 0.25) is 0 Å². The fraction of sp³-hybridized carbons (Fsp3) is 0.565. The molecule has 29 heavy (non-hydrogen) atoms. The monoisotopic (exact) mass is 393 g/mol. The van der Waals surface area contributed by atoms with E-state index < -0.39 is 0 Å². The Bertz CT molecular complexity index is 948. The zero-order valence-corrected chi connectivity index (χ0v) is 17.8. The topological polar surface area (TPSA) is 86.3 Å². The molecule has 0 unspecified atom stereocenters. The smallest absolute Gasteiger partial charge is 0.163 e. The summed E-state index contributed by atoms with van der Waals surface area (Å²) in [6.45, 7) is 8.45. The second-order valence-corrected chi connectivity index (χ2v) is 8.73. The molecule has 2 aliphatic rings. The lowest BCUT2D eigenvalue weighted by atomic mass is 9.88. The Balaban J connectivity index is 1.66. The van der Waals surface area contributed by atoms with Gasteiger partial charge in [0.15, 0.2) is 5.65 Å². The number of pyridine rings is 1. The zero-order chi connectivity index (χ0) is 20.5. The summed E-state index contributed by atoms with van der Waals surface area (Å²) in [6, 6.07) is 4.59. The fourth-order valence-corrected chi connectivity index (χ4v) is 3.99. The number of ether oxygens (including phenoxy) is 1. The van der Waals surface area contributed by atoms with Crippen molar-refractivity contribution in [1.82, 2.24) is 15.0 Å². The molecule has 0 aromatic carbocycles. The van der Waals surface area contributed by atoms with Crippen LogP contribution in [-0.2, 0) is 4.74 Å². The first-order valence-electron chi connectivity index (χ1n) is 10.7. The van der Waals surface area contributed by atoms with Crippen molar-refractivity contribution >= 4 is 17.2 Å². The number of aromatic nitrogens is 3. The van der Waals surface area contributed by atoms with Gasteiger partial charge in [0.05, 0.1) is 23.9 Å². The summed E-state index contributed by atoms with van der Waals surface area (Å²) in [7, 11) is 0. The van der Waals surface area contributed by atoms with Crippen LogP contribution in [-0.4, -0.2) is 39.4 Å². The highest BCUT2D eigenvalue weighted by Crippen LogP contribution is 2.35. The van der Waals surface area contributed by atoms with E-state index in [0.29, 0.717) is 12.0 Å². The third-order valence-electron chi connectivity index (χ3n) is 5.71. The van der Waals surface area contributed by atoms with E-state index in [2.05, 4.69) is 36.8 Å². The Morgan fingerprint density at radius 3 is 2.69 bits per heavy atom. The van der Waals surface area contributed by atoms with Gasteiger partial charge in [0.1, 0.15) is 5.82 Å². The molecular formula is C23H31N5O. The molecule has 0 spiro atoms. The van der Waals surface area contributed by atoms with Crippen molar-refractivity contribution in [3.8, 4) is 0 Å². The highest BCUT2D eigenvalue weighted by molar-refractivity contribution is 5.80. The molecule has 3 atom stereocenters. The number of aliphatic imine (C=N–C) groups is 1. The highest BCUT2D eigenvalue weighted by atomic mass is 16.5. The van der Waals surface area contributed by atoms with E-state index in [-0.39, 0.29) is 18.1 Å². The van der Waals surface area contributed by atoms with Crippen LogP contribution in [0.25, 0.3) is 11.0 Å². The molecule has 1 aliphatic heterocycles. The Labute approximate surface area is 172 Å². The normalized spacial score (nSPS) is 26.0. The largest absolute Gasteiger partial charge is 0.404 e. The second kappa shape index (κ2) is 8.19. The maximum Gasteiger partial charge on any atom is 0.163 e. The molecule has 4 rings (SSSR count). The molecule has 154 valence electrons. The van der Waals surface area contributed by atoms with Gasteiger partial charge in [-0.05, 0) is 57.6 Å². The second-order valence-electron chi connectivity index (χ2n) is 8.73. The predicted molar refractivity (Wildman–Crippen MR) is 116 cm³/mol. The molecule has 0 radical (unpaired) electrons. The van der Waals surface area contributed by atoms with Gasteiger partial charge in [-0.2, -0.15) is 0 Å². The first-order valence-corrected chi connectivity index (χ1v) is 10.7. The van der Waals surface area contributed by atoms with Crippen molar-refractivity contribution in [2.24, 2.45) is 10.7 Å². The molecule has 2 aromatic heterocycles. The number of fused-ring (bicyclic) bond motifs is 1. The van der Waals surface area contributed by atoms with E-state index in [1.165, 1.54) is 12.8 Å². The first kappa shape index (κ1) is 20.0. The lowest BCUT2D eigenvalue weighted by Crippen LogP contribution is -2.33. The number of nitrogens with two attached hydrogens (primary N) is 1. The van der Waals surface area contributed by atoms with Crippen molar-refractivity contribution in [2.45, 2.75) is 83.5 Å². The average molecular weight is 394 g/mol. The quantitative estimate of drug-likeness (QED) is 0.770. The van der Waals surface area contributed by atoms with Crippen LogP contribution in [0.1, 0.15) is 75.5 Å². The molecule has 0 bridgehead atoms. The van der Waals surface area contributed by atoms with E-state index in [1.807, 2.05) is 19.2 Å². The molecule has 6 heteroatoms. The van der Waals surface area contributed by atoms with E-state index in [1.54, 1.807) is 6.20 Å². The number of hydrogen-bond acceptors (Lipinski definition) is 6. The van der Waals surface area contributed by atoms with Gasteiger partial charge < -0.3 is 10.5 Å². The highest BCUT2D eigenvalue weighted by Gasteiger charge is 2.32. The Hall–Kier alpha value is -2.34. The van der Waals surface area contributed by atoms with Crippen LogP contribution in [0.5, 0.6) is 0 Å². The Morgan fingerprint density at radius 2 is 2.00 bits per heavy atom. The third kappa shape index (κ3) is 4.47. The first-order chi connectivity index (χ1) is 13.9. The standard InChI is InChI=1S/C23H31N5O/c1-13(2)21-19-8-5-14(3)26-23(19)28-22(27-21)16-9-15(4)29-20(10-16)17(11-24)12-25-18-6-7-18/h5,8,11-13,15-16,18,20H,6-7,9-10,24H2,1-4H3/b17-11+,25-12?/t15-,16+,20-/m1/s1. The third-order valence-corrected chi connectivity index (χ3v) is 5.71. The summed E-state index contributed by atoms with van der Waals surface area (Å²) >= 11 is 0. The van der Waals surface area contributed by atoms with Crippen LogP contribution >= 0.6 is 0 Å². The summed E-state index contributed by atoms with van der Waals surface area (Å²) in [5, 5.41) is 1.05. The molecule has 2 aromatic rings. The molecular weight excluding hydrogens is 362 g/mol. The summed E-state index contributed by atoms with van der Waals surface area (Å²) in [5.74, 6) is 1.38. The number of aryl methyl sites for hydroxylation is 1. The van der Waals surface area contributed by atoms with Gasteiger partial charge in [-0.15, -0.1) is 0 Å². The minimum atomic E-state index is -0.0801. The molecule has 6 nitrogen and oxygen atoms in total. The van der Waals surface area contributed by atoms with E-state index >= 15 is 0 Å². The van der Waals surface area contributed by atoms with E-state index in [9.17, 15) is 0 Å². The number of rotatable bonds is 5. The maximum atomic E-state index is 6.22. The summed E-state index contributed by atoms with van der Waals surface area (Å²) in [5.41, 5.74) is 9.70. The summed E-state index contributed by atoms with van der Waals surface area (Å²) in [4.78, 5) is 19.2. The molecule has 2 fully saturated rings. The lowest BCUT2D eigenvalue weighted by molar-refractivity contribution is -0.0272. The molecule has 1 aliphatic carbocycles. The van der Waals surface area contributed by atoms with Crippen molar-refractivity contribution < 1.29 is 4.74 Å². The molecule has 1 saturated heterocycles. The molecule has 0 amide bonds.